The van der Waals surface area contributed by atoms with E-state index in [9.17, 15) is 4.79 Å². The number of carboxylic acid groups (broad SMARTS) is 1. The van der Waals surface area contributed by atoms with Gasteiger partial charge in [0.05, 0.1) is 0 Å². The molecule has 8 heavy (non-hydrogen) atoms. The molecule has 0 aliphatic heterocycles. The lowest BCUT2D eigenvalue weighted by molar-refractivity contribution is -0.137. The van der Waals surface area contributed by atoms with E-state index in [0.717, 1.165) is 6.42 Å². The third kappa shape index (κ3) is 5.47. The van der Waals surface area contributed by atoms with Crippen LogP contribution < -0.4 is 0 Å². The predicted molar refractivity (Wildman–Crippen MR) is 31.8 cm³/mol. The van der Waals surface area contributed by atoms with Gasteiger partial charge in [-0.15, -0.1) is 0 Å². The number of hydrogen-bond donors (Lipinski definition) is 1. The Hall–Kier alpha value is -0.530. The Morgan fingerprint density at radius 2 is 2.38 bits per heavy atom. The minimum Gasteiger partial charge on any atom is -0.481 e. The van der Waals surface area contributed by atoms with E-state index in [2.05, 4.69) is 0 Å². The Bertz CT molecular complexity index is 123. The first-order valence-corrected chi connectivity index (χ1v) is 2.74. The summed E-state index contributed by atoms with van der Waals surface area (Å²) in [4.78, 5) is 10.2. The molecule has 0 fully saturated rings. The molecule has 0 aromatic heterocycles. The fourth-order valence-electron chi connectivity index (χ4n) is 0.372. The zero-order chi connectivity index (χ0) is 8.20. The monoisotopic (exact) mass is 118 g/mol. The number of carboxylic acids is 1. The predicted octanol–water partition coefficient (Wildman–Crippen LogP) is 1.65. The molecule has 0 saturated carbocycles. The second kappa shape index (κ2) is 4.62. The number of aliphatic carboxylic acids is 1. The van der Waals surface area contributed by atoms with Crippen LogP contribution in [0.3, 0.4) is 0 Å². The smallest absolute Gasteiger partial charge is 0.303 e. The molecule has 2 heteroatoms. The first-order chi connectivity index (χ1) is 4.50. The summed E-state index contributed by atoms with van der Waals surface area (Å²) in [5, 5.41) is 8.29. The zero-order valence-electron chi connectivity index (χ0n) is 6.98. The van der Waals surface area contributed by atoms with Gasteiger partial charge in [0.15, 0.2) is 0 Å². The number of rotatable bonds is 4. The van der Waals surface area contributed by atoms with Gasteiger partial charge in [-0.3, -0.25) is 4.79 Å². The van der Waals surface area contributed by atoms with Gasteiger partial charge in [0.1, 0.15) is 0 Å². The molecular formula is C6H12O2. The van der Waals surface area contributed by atoms with Crippen LogP contribution >= 0.6 is 0 Å². The van der Waals surface area contributed by atoms with E-state index in [4.69, 9.17) is 7.85 Å². The molecule has 0 radical (unpaired) electrons. The average molecular weight is 118 g/mol. The summed E-state index contributed by atoms with van der Waals surface area (Å²) in [6.07, 6.45) is -0.471. The molecule has 0 rings (SSSR count). The summed E-state index contributed by atoms with van der Waals surface area (Å²) < 4.78 is 13.9. The van der Waals surface area contributed by atoms with Crippen LogP contribution in [0.25, 0.3) is 0 Å². The molecule has 0 unspecified atom stereocenters. The SMILES string of the molecule is [2H]C([2H])(CCCC)C(=O)O. The molecule has 0 aliphatic carbocycles. The van der Waals surface area contributed by atoms with E-state index in [0.29, 0.717) is 6.42 Å². The van der Waals surface area contributed by atoms with Crippen molar-refractivity contribution in [1.82, 2.24) is 0 Å². The van der Waals surface area contributed by atoms with Gasteiger partial charge in [-0.05, 0) is 6.42 Å². The quantitative estimate of drug-likeness (QED) is 0.609. The first-order valence-electron chi connectivity index (χ1n) is 3.74. The number of unbranched alkanes of at least 4 members (excludes halogenated alkanes) is 1. The van der Waals surface area contributed by atoms with E-state index >= 15 is 0 Å². The van der Waals surface area contributed by atoms with Crippen molar-refractivity contribution in [3.8, 4) is 0 Å². The molecular weight excluding hydrogens is 104 g/mol. The molecule has 0 atom stereocenters. The van der Waals surface area contributed by atoms with Crippen LogP contribution in [0.4, 0.5) is 0 Å². The molecule has 0 aliphatic rings. The average Bonchev–Trinajstić information content (AvgIpc) is 1.84. The maximum absolute atomic E-state index is 10.2. The highest BCUT2D eigenvalue weighted by atomic mass is 16.4. The van der Waals surface area contributed by atoms with Crippen molar-refractivity contribution in [2.24, 2.45) is 0 Å². The second-order valence-corrected chi connectivity index (χ2v) is 1.59. The van der Waals surface area contributed by atoms with Crippen molar-refractivity contribution in [1.29, 1.82) is 0 Å². The largest absolute Gasteiger partial charge is 0.481 e. The summed E-state index contributed by atoms with van der Waals surface area (Å²) in [7, 11) is 0. The van der Waals surface area contributed by atoms with E-state index in [1.807, 2.05) is 6.92 Å². The van der Waals surface area contributed by atoms with Crippen LogP contribution in [0.15, 0.2) is 0 Å². The molecule has 0 spiro atoms. The molecule has 0 aromatic rings. The summed E-state index contributed by atoms with van der Waals surface area (Å²) in [5.74, 6) is -1.36. The zero-order valence-corrected chi connectivity index (χ0v) is 4.98. The maximum atomic E-state index is 10.2. The van der Waals surface area contributed by atoms with Crippen molar-refractivity contribution in [3.05, 3.63) is 0 Å². The second-order valence-electron chi connectivity index (χ2n) is 1.59. The number of hydrogen-bond acceptors (Lipinski definition) is 1. The summed E-state index contributed by atoms with van der Waals surface area (Å²) in [6, 6.07) is 0. The Kier molecular flexibility index (Phi) is 2.52. The lowest BCUT2D eigenvalue weighted by Gasteiger charge is -1.89. The van der Waals surface area contributed by atoms with Gasteiger partial charge in [-0.1, -0.05) is 19.8 Å². The Balaban J connectivity index is 3.75. The molecule has 2 nitrogen and oxygen atoms in total. The minimum atomic E-state index is -2.03. The highest BCUT2D eigenvalue weighted by molar-refractivity contribution is 5.66. The van der Waals surface area contributed by atoms with Gasteiger partial charge >= 0.3 is 5.97 Å². The van der Waals surface area contributed by atoms with Crippen LogP contribution in [0.1, 0.15) is 35.3 Å². The third-order valence-electron chi connectivity index (χ3n) is 0.807. The van der Waals surface area contributed by atoms with Gasteiger partial charge in [-0.2, -0.15) is 0 Å². The van der Waals surface area contributed by atoms with Crippen LogP contribution in [0.2, 0.25) is 0 Å². The Morgan fingerprint density at radius 1 is 1.75 bits per heavy atom. The molecule has 0 heterocycles. The first kappa shape index (κ1) is 4.36. The highest BCUT2D eigenvalue weighted by Crippen LogP contribution is 1.97. The van der Waals surface area contributed by atoms with Gasteiger partial charge in [0.25, 0.3) is 0 Å². The Labute approximate surface area is 52.3 Å². The van der Waals surface area contributed by atoms with Crippen LogP contribution in [-0.4, -0.2) is 11.1 Å². The van der Waals surface area contributed by atoms with Crippen LogP contribution in [0, 0.1) is 0 Å². The van der Waals surface area contributed by atoms with Gasteiger partial charge in [0, 0.05) is 9.11 Å². The summed E-state index contributed by atoms with van der Waals surface area (Å²) in [5.41, 5.74) is 0. The molecule has 0 saturated heterocycles. The topological polar surface area (TPSA) is 37.3 Å². The fourth-order valence-corrected chi connectivity index (χ4v) is 0.372. The van der Waals surface area contributed by atoms with E-state index in [-0.39, 0.29) is 6.42 Å². The number of carbonyl (C=O) groups is 1. The molecule has 1 N–H and O–H groups in total. The van der Waals surface area contributed by atoms with Crippen molar-refractivity contribution in [2.45, 2.75) is 32.6 Å². The third-order valence-corrected chi connectivity index (χ3v) is 0.807. The van der Waals surface area contributed by atoms with Crippen molar-refractivity contribution < 1.29 is 12.6 Å². The van der Waals surface area contributed by atoms with E-state index < -0.39 is 12.3 Å². The fraction of sp³-hybridized carbons (Fsp3) is 0.833. The van der Waals surface area contributed by atoms with Gasteiger partial charge in [-0.25, -0.2) is 0 Å². The standard InChI is InChI=1S/C6H12O2/c1-2-3-4-5-6(7)8/h2-5H2,1H3,(H,7,8)/i5D2. The van der Waals surface area contributed by atoms with Crippen LogP contribution in [0.5, 0.6) is 0 Å². The van der Waals surface area contributed by atoms with Crippen LogP contribution in [-0.2, 0) is 4.79 Å². The molecule has 48 valence electrons. The lowest BCUT2D eigenvalue weighted by atomic mass is 10.2. The maximum Gasteiger partial charge on any atom is 0.303 e. The lowest BCUT2D eigenvalue weighted by Crippen LogP contribution is -1.92. The normalized spacial score (nSPS) is 14.6. The van der Waals surface area contributed by atoms with Gasteiger partial charge < -0.3 is 5.11 Å². The minimum absolute atomic E-state index is 0.110. The molecule has 0 bridgehead atoms. The summed E-state index contributed by atoms with van der Waals surface area (Å²) in [6.45, 7) is 1.90. The highest BCUT2D eigenvalue weighted by Gasteiger charge is 1.92. The van der Waals surface area contributed by atoms with E-state index in [1.54, 1.807) is 0 Å². The van der Waals surface area contributed by atoms with Crippen molar-refractivity contribution in [3.63, 3.8) is 0 Å². The molecule has 0 amide bonds. The van der Waals surface area contributed by atoms with E-state index in [1.165, 1.54) is 0 Å². The summed E-state index contributed by atoms with van der Waals surface area (Å²) >= 11 is 0. The molecule has 0 aromatic carbocycles. The van der Waals surface area contributed by atoms with Crippen molar-refractivity contribution >= 4 is 5.97 Å². The van der Waals surface area contributed by atoms with Gasteiger partial charge in [0.2, 0.25) is 0 Å². The Morgan fingerprint density at radius 3 is 2.75 bits per heavy atom. The van der Waals surface area contributed by atoms with Crippen molar-refractivity contribution in [2.75, 3.05) is 0 Å².